The standard InChI is InChI=1S/C17H24N6O2S/c1-21(2)17-4-3-15(11-19-17)26(24,25)22-7-5-14(6-8-22)23-16-12-18-9-13(16)10-20-23/h3-4,10-11,14,18H,5-9,12H2,1-2H3. The minimum absolute atomic E-state index is 0.255. The van der Waals surface area contributed by atoms with Gasteiger partial charge in [-0.25, -0.2) is 13.4 Å². The number of pyridine rings is 1. The van der Waals surface area contributed by atoms with Crippen molar-refractivity contribution in [2.24, 2.45) is 0 Å². The van der Waals surface area contributed by atoms with Gasteiger partial charge in [-0.2, -0.15) is 9.40 Å². The van der Waals surface area contributed by atoms with E-state index < -0.39 is 10.0 Å². The third-order valence-corrected chi connectivity index (χ3v) is 7.06. The molecule has 0 saturated carbocycles. The van der Waals surface area contributed by atoms with Crippen molar-refractivity contribution in [3.8, 4) is 0 Å². The number of rotatable bonds is 4. The second kappa shape index (κ2) is 6.64. The molecule has 4 heterocycles. The molecule has 0 aliphatic carbocycles. The van der Waals surface area contributed by atoms with Gasteiger partial charge in [0.25, 0.3) is 0 Å². The van der Waals surface area contributed by atoms with Gasteiger partial charge in [0, 0.05) is 52.0 Å². The summed E-state index contributed by atoms with van der Waals surface area (Å²) in [5.41, 5.74) is 2.50. The van der Waals surface area contributed by atoms with Crippen LogP contribution >= 0.6 is 0 Å². The minimum atomic E-state index is -3.50. The largest absolute Gasteiger partial charge is 0.363 e. The molecule has 140 valence electrons. The molecule has 26 heavy (non-hydrogen) atoms. The van der Waals surface area contributed by atoms with Gasteiger partial charge in [0.2, 0.25) is 10.0 Å². The molecule has 1 saturated heterocycles. The number of piperidine rings is 1. The lowest BCUT2D eigenvalue weighted by atomic mass is 10.1. The molecule has 0 unspecified atom stereocenters. The van der Waals surface area contributed by atoms with Crippen LogP contribution in [0.1, 0.15) is 30.1 Å². The first-order valence-electron chi connectivity index (χ1n) is 8.86. The molecule has 8 nitrogen and oxygen atoms in total. The Hall–Kier alpha value is -1.97. The highest BCUT2D eigenvalue weighted by molar-refractivity contribution is 7.89. The van der Waals surface area contributed by atoms with E-state index in [0.717, 1.165) is 31.7 Å². The number of nitrogens with zero attached hydrogens (tertiary/aromatic N) is 5. The predicted molar refractivity (Wildman–Crippen MR) is 98.4 cm³/mol. The van der Waals surface area contributed by atoms with Crippen LogP contribution in [0.15, 0.2) is 29.4 Å². The van der Waals surface area contributed by atoms with Crippen LogP contribution in [-0.2, 0) is 23.1 Å². The van der Waals surface area contributed by atoms with E-state index in [9.17, 15) is 8.42 Å². The fourth-order valence-electron chi connectivity index (χ4n) is 3.66. The van der Waals surface area contributed by atoms with E-state index in [1.807, 2.05) is 25.2 Å². The van der Waals surface area contributed by atoms with Gasteiger partial charge in [-0.05, 0) is 25.0 Å². The van der Waals surface area contributed by atoms with Gasteiger partial charge < -0.3 is 10.2 Å². The van der Waals surface area contributed by atoms with E-state index in [0.29, 0.717) is 13.1 Å². The molecular formula is C17H24N6O2S. The van der Waals surface area contributed by atoms with Crippen LogP contribution in [0, 0.1) is 0 Å². The van der Waals surface area contributed by atoms with Gasteiger partial charge in [0.1, 0.15) is 10.7 Å². The summed E-state index contributed by atoms with van der Waals surface area (Å²) in [4.78, 5) is 6.34. The minimum Gasteiger partial charge on any atom is -0.363 e. The number of nitrogens with one attached hydrogen (secondary N) is 1. The first-order chi connectivity index (χ1) is 12.5. The third kappa shape index (κ3) is 3.00. The van der Waals surface area contributed by atoms with Crippen LogP contribution in [0.5, 0.6) is 0 Å². The third-order valence-electron chi connectivity index (χ3n) is 5.18. The number of hydrogen-bond donors (Lipinski definition) is 1. The molecule has 0 spiro atoms. The molecule has 2 aliphatic heterocycles. The summed E-state index contributed by atoms with van der Waals surface area (Å²) < 4.78 is 29.4. The Morgan fingerprint density at radius 3 is 2.58 bits per heavy atom. The lowest BCUT2D eigenvalue weighted by Gasteiger charge is -2.32. The lowest BCUT2D eigenvalue weighted by molar-refractivity contribution is 0.257. The van der Waals surface area contributed by atoms with Crippen LogP contribution in [0.4, 0.5) is 5.82 Å². The number of aromatic nitrogens is 3. The molecule has 0 atom stereocenters. The summed E-state index contributed by atoms with van der Waals surface area (Å²) in [6, 6.07) is 3.63. The van der Waals surface area contributed by atoms with Crippen molar-refractivity contribution in [3.63, 3.8) is 0 Å². The summed E-state index contributed by atoms with van der Waals surface area (Å²) in [6.45, 7) is 2.73. The second-order valence-corrected chi connectivity index (χ2v) is 8.98. The van der Waals surface area contributed by atoms with Gasteiger partial charge >= 0.3 is 0 Å². The van der Waals surface area contributed by atoms with Crippen LogP contribution in [-0.4, -0.2) is 54.7 Å². The van der Waals surface area contributed by atoms with Crippen molar-refractivity contribution < 1.29 is 8.42 Å². The zero-order chi connectivity index (χ0) is 18.3. The first kappa shape index (κ1) is 17.4. The fourth-order valence-corrected chi connectivity index (χ4v) is 5.08. The summed E-state index contributed by atoms with van der Waals surface area (Å²) in [5.74, 6) is 0.740. The Labute approximate surface area is 153 Å². The molecule has 1 N–H and O–H groups in total. The molecule has 1 fully saturated rings. The van der Waals surface area contributed by atoms with Crippen molar-refractivity contribution >= 4 is 15.8 Å². The number of fused-ring (bicyclic) bond motifs is 1. The molecule has 9 heteroatoms. The highest BCUT2D eigenvalue weighted by Gasteiger charge is 2.32. The van der Waals surface area contributed by atoms with Crippen LogP contribution < -0.4 is 10.2 Å². The topological polar surface area (TPSA) is 83.4 Å². The van der Waals surface area contributed by atoms with E-state index in [-0.39, 0.29) is 10.9 Å². The maximum Gasteiger partial charge on any atom is 0.244 e. The number of sulfonamides is 1. The summed E-state index contributed by atoms with van der Waals surface area (Å²) in [5, 5.41) is 7.86. The molecule has 2 aliphatic rings. The van der Waals surface area contributed by atoms with Crippen molar-refractivity contribution in [1.82, 2.24) is 24.4 Å². The molecule has 0 amide bonds. The van der Waals surface area contributed by atoms with E-state index in [1.54, 1.807) is 16.4 Å². The molecule has 0 radical (unpaired) electrons. The average molecular weight is 376 g/mol. The van der Waals surface area contributed by atoms with Gasteiger partial charge in [0.15, 0.2) is 0 Å². The molecule has 2 aromatic heterocycles. The lowest BCUT2D eigenvalue weighted by Crippen LogP contribution is -2.39. The van der Waals surface area contributed by atoms with Gasteiger partial charge in [-0.15, -0.1) is 0 Å². The number of anilines is 1. The smallest absolute Gasteiger partial charge is 0.244 e. The van der Waals surface area contributed by atoms with Crippen molar-refractivity contribution in [2.75, 3.05) is 32.1 Å². The zero-order valence-electron chi connectivity index (χ0n) is 15.1. The van der Waals surface area contributed by atoms with E-state index in [1.165, 1.54) is 17.5 Å². The summed E-state index contributed by atoms with van der Waals surface area (Å²) in [7, 11) is 0.258. The normalized spacial score (nSPS) is 18.8. The Bertz CT molecular complexity index is 882. The molecule has 0 bridgehead atoms. The Morgan fingerprint density at radius 2 is 1.92 bits per heavy atom. The van der Waals surface area contributed by atoms with Gasteiger partial charge in [-0.1, -0.05) is 0 Å². The number of hydrogen-bond acceptors (Lipinski definition) is 6. The van der Waals surface area contributed by atoms with E-state index in [4.69, 9.17) is 0 Å². The summed E-state index contributed by atoms with van der Waals surface area (Å²) in [6.07, 6.45) is 4.92. The Morgan fingerprint density at radius 1 is 1.15 bits per heavy atom. The molecule has 0 aromatic carbocycles. The highest BCUT2D eigenvalue weighted by Crippen LogP contribution is 2.29. The Balaban J connectivity index is 1.46. The Kier molecular flexibility index (Phi) is 4.45. The predicted octanol–water partition coefficient (Wildman–Crippen LogP) is 0.973. The first-order valence-corrected chi connectivity index (χ1v) is 10.3. The van der Waals surface area contributed by atoms with Crippen molar-refractivity contribution in [3.05, 3.63) is 35.8 Å². The fraction of sp³-hybridized carbons (Fsp3) is 0.529. The van der Waals surface area contributed by atoms with E-state index >= 15 is 0 Å². The van der Waals surface area contributed by atoms with Crippen LogP contribution in [0.2, 0.25) is 0 Å². The average Bonchev–Trinajstić information content (AvgIpc) is 3.25. The van der Waals surface area contributed by atoms with Crippen molar-refractivity contribution in [1.29, 1.82) is 0 Å². The van der Waals surface area contributed by atoms with E-state index in [2.05, 4.69) is 20.1 Å². The SMILES string of the molecule is CN(C)c1ccc(S(=O)(=O)N2CCC(n3ncc4c3CNC4)CC2)cn1. The zero-order valence-corrected chi connectivity index (χ0v) is 15.9. The molecule has 2 aromatic rings. The van der Waals surface area contributed by atoms with Gasteiger partial charge in [0.05, 0.1) is 17.9 Å². The van der Waals surface area contributed by atoms with Gasteiger partial charge in [-0.3, -0.25) is 4.68 Å². The van der Waals surface area contributed by atoms with Crippen LogP contribution in [0.25, 0.3) is 0 Å². The molecule has 4 rings (SSSR count). The van der Waals surface area contributed by atoms with Crippen LogP contribution in [0.3, 0.4) is 0 Å². The second-order valence-electron chi connectivity index (χ2n) is 7.05. The highest BCUT2D eigenvalue weighted by atomic mass is 32.2. The quantitative estimate of drug-likeness (QED) is 0.856. The monoisotopic (exact) mass is 376 g/mol. The molecular weight excluding hydrogens is 352 g/mol. The maximum atomic E-state index is 12.9. The maximum absolute atomic E-state index is 12.9. The summed E-state index contributed by atoms with van der Waals surface area (Å²) >= 11 is 0. The van der Waals surface area contributed by atoms with Crippen molar-refractivity contribution in [2.45, 2.75) is 36.9 Å².